The molecule has 0 aliphatic heterocycles. The fourth-order valence-corrected chi connectivity index (χ4v) is 0.638. The second-order valence-electron chi connectivity index (χ2n) is 2.52. The van der Waals surface area contributed by atoms with Crippen molar-refractivity contribution >= 4 is 11.7 Å². The third kappa shape index (κ3) is 5.28. The molecule has 0 amide bonds. The van der Waals surface area contributed by atoms with Crippen LogP contribution in [-0.2, 0) is 9.63 Å². The van der Waals surface area contributed by atoms with Crippen molar-refractivity contribution in [2.24, 2.45) is 10.9 Å². The SMILES string of the molecule is C=CCO/N=C(/C[C@@H](O)CN)C(=O)O. The zero-order chi connectivity index (χ0) is 11.0. The molecule has 0 spiro atoms. The van der Waals surface area contributed by atoms with E-state index >= 15 is 0 Å². The second-order valence-corrected chi connectivity index (χ2v) is 2.52. The first-order valence-electron chi connectivity index (χ1n) is 4.03. The van der Waals surface area contributed by atoms with E-state index in [9.17, 15) is 4.79 Å². The van der Waals surface area contributed by atoms with Crippen molar-refractivity contribution in [3.8, 4) is 0 Å². The topological polar surface area (TPSA) is 105 Å². The monoisotopic (exact) mass is 202 g/mol. The van der Waals surface area contributed by atoms with Gasteiger partial charge in [-0.2, -0.15) is 0 Å². The van der Waals surface area contributed by atoms with Crippen LogP contribution >= 0.6 is 0 Å². The molecular formula is C8H14N2O4. The van der Waals surface area contributed by atoms with Gasteiger partial charge in [-0.25, -0.2) is 4.79 Å². The number of oxime groups is 1. The number of aliphatic carboxylic acids is 1. The second kappa shape index (κ2) is 7.05. The molecule has 6 heteroatoms. The molecule has 0 rings (SSSR count). The lowest BCUT2D eigenvalue weighted by atomic mass is 10.2. The van der Waals surface area contributed by atoms with Crippen LogP contribution in [0.5, 0.6) is 0 Å². The number of nitrogens with two attached hydrogens (primary N) is 1. The highest BCUT2D eigenvalue weighted by Crippen LogP contribution is 1.95. The molecule has 0 aliphatic carbocycles. The molecule has 0 saturated carbocycles. The number of hydrogen-bond acceptors (Lipinski definition) is 5. The van der Waals surface area contributed by atoms with Gasteiger partial charge in [0.1, 0.15) is 6.61 Å². The van der Waals surface area contributed by atoms with Crippen LogP contribution in [0.3, 0.4) is 0 Å². The maximum absolute atomic E-state index is 10.6. The molecule has 14 heavy (non-hydrogen) atoms. The Kier molecular flexibility index (Phi) is 6.34. The van der Waals surface area contributed by atoms with Crippen LogP contribution in [0.2, 0.25) is 0 Å². The van der Waals surface area contributed by atoms with Crippen molar-refractivity contribution in [1.29, 1.82) is 0 Å². The fraction of sp³-hybridized carbons (Fsp3) is 0.500. The summed E-state index contributed by atoms with van der Waals surface area (Å²) in [5, 5.41) is 21.0. The minimum absolute atomic E-state index is 0.0201. The van der Waals surface area contributed by atoms with Gasteiger partial charge >= 0.3 is 5.97 Å². The number of nitrogens with zero attached hydrogens (tertiary/aromatic N) is 1. The van der Waals surface area contributed by atoms with Crippen LogP contribution in [0.1, 0.15) is 6.42 Å². The molecule has 1 atom stereocenters. The van der Waals surface area contributed by atoms with Crippen LogP contribution in [-0.4, -0.2) is 41.1 Å². The fourth-order valence-electron chi connectivity index (χ4n) is 0.638. The molecule has 0 radical (unpaired) electrons. The molecule has 0 saturated heterocycles. The quantitative estimate of drug-likeness (QED) is 0.220. The van der Waals surface area contributed by atoms with E-state index in [0.29, 0.717) is 0 Å². The molecule has 0 aromatic rings. The van der Waals surface area contributed by atoms with Crippen LogP contribution < -0.4 is 5.73 Å². The zero-order valence-corrected chi connectivity index (χ0v) is 7.72. The highest BCUT2D eigenvalue weighted by Gasteiger charge is 2.15. The highest BCUT2D eigenvalue weighted by molar-refractivity contribution is 6.35. The van der Waals surface area contributed by atoms with E-state index in [-0.39, 0.29) is 25.3 Å². The van der Waals surface area contributed by atoms with E-state index in [1.54, 1.807) is 0 Å². The molecule has 0 aromatic heterocycles. The van der Waals surface area contributed by atoms with E-state index in [0.717, 1.165) is 0 Å². The van der Waals surface area contributed by atoms with E-state index < -0.39 is 12.1 Å². The number of carboxylic acids is 1. The van der Waals surface area contributed by atoms with Gasteiger partial charge in [0.25, 0.3) is 0 Å². The van der Waals surface area contributed by atoms with Gasteiger partial charge in [0.15, 0.2) is 5.71 Å². The maximum Gasteiger partial charge on any atom is 0.353 e. The Morgan fingerprint density at radius 3 is 2.79 bits per heavy atom. The smallest absolute Gasteiger partial charge is 0.353 e. The zero-order valence-electron chi connectivity index (χ0n) is 7.72. The molecular weight excluding hydrogens is 188 g/mol. The summed E-state index contributed by atoms with van der Waals surface area (Å²) in [5.41, 5.74) is 4.86. The van der Waals surface area contributed by atoms with Gasteiger partial charge in [-0.05, 0) is 0 Å². The van der Waals surface area contributed by atoms with Crippen LogP contribution in [0.4, 0.5) is 0 Å². The van der Waals surface area contributed by atoms with Crippen molar-refractivity contribution in [3.63, 3.8) is 0 Å². The number of carboxylic acid groups (broad SMARTS) is 1. The summed E-state index contributed by atoms with van der Waals surface area (Å²) in [6.45, 7) is 3.47. The van der Waals surface area contributed by atoms with Gasteiger partial charge in [-0.3, -0.25) is 0 Å². The number of hydrogen-bond donors (Lipinski definition) is 3. The summed E-state index contributed by atoms with van der Waals surface area (Å²) in [5.74, 6) is -1.23. The summed E-state index contributed by atoms with van der Waals surface area (Å²) < 4.78 is 0. The molecule has 0 bridgehead atoms. The number of aliphatic hydroxyl groups excluding tert-OH is 1. The highest BCUT2D eigenvalue weighted by atomic mass is 16.6. The van der Waals surface area contributed by atoms with Crippen molar-refractivity contribution in [2.75, 3.05) is 13.2 Å². The van der Waals surface area contributed by atoms with Crippen molar-refractivity contribution in [1.82, 2.24) is 0 Å². The first kappa shape index (κ1) is 12.6. The standard InChI is InChI=1S/C8H14N2O4/c1-2-3-14-10-7(8(12)13)4-6(11)5-9/h2,6,11H,1,3-5,9H2,(H,12,13)/b10-7-/t6-/m1/s1. The molecule has 6 nitrogen and oxygen atoms in total. The Bertz CT molecular complexity index is 227. The number of carbonyl (C=O) groups is 1. The molecule has 0 fully saturated rings. The van der Waals surface area contributed by atoms with Crippen molar-refractivity contribution in [2.45, 2.75) is 12.5 Å². The number of aliphatic hydroxyl groups is 1. The molecule has 0 aliphatic rings. The van der Waals surface area contributed by atoms with Crippen LogP contribution in [0, 0.1) is 0 Å². The predicted molar refractivity (Wildman–Crippen MR) is 50.9 cm³/mol. The summed E-state index contributed by atoms with van der Waals surface area (Å²) in [6, 6.07) is 0. The van der Waals surface area contributed by atoms with Crippen LogP contribution in [0.15, 0.2) is 17.8 Å². The summed E-state index contributed by atoms with van der Waals surface area (Å²) in [6.07, 6.45) is 0.378. The van der Waals surface area contributed by atoms with Gasteiger partial charge in [-0.1, -0.05) is 17.8 Å². The lowest BCUT2D eigenvalue weighted by Gasteiger charge is -2.06. The van der Waals surface area contributed by atoms with Gasteiger partial charge in [0, 0.05) is 13.0 Å². The Morgan fingerprint density at radius 2 is 2.36 bits per heavy atom. The third-order valence-electron chi connectivity index (χ3n) is 1.32. The lowest BCUT2D eigenvalue weighted by molar-refractivity contribution is -0.129. The summed E-state index contributed by atoms with van der Waals surface area (Å²) in [7, 11) is 0. The molecule has 4 N–H and O–H groups in total. The Morgan fingerprint density at radius 1 is 1.71 bits per heavy atom. The average molecular weight is 202 g/mol. The Labute approximate surface area is 81.7 Å². The summed E-state index contributed by atoms with van der Waals surface area (Å²) >= 11 is 0. The van der Waals surface area contributed by atoms with Crippen molar-refractivity contribution < 1.29 is 19.8 Å². The third-order valence-corrected chi connectivity index (χ3v) is 1.32. The first-order chi connectivity index (χ1) is 6.61. The molecule has 0 heterocycles. The van der Waals surface area contributed by atoms with Gasteiger partial charge in [-0.15, -0.1) is 0 Å². The largest absolute Gasteiger partial charge is 0.477 e. The van der Waals surface area contributed by atoms with Gasteiger partial charge in [0.05, 0.1) is 6.10 Å². The van der Waals surface area contributed by atoms with E-state index in [1.807, 2.05) is 0 Å². The lowest BCUT2D eigenvalue weighted by Crippen LogP contribution is -2.27. The van der Waals surface area contributed by atoms with Gasteiger partial charge in [0.2, 0.25) is 0 Å². The molecule has 0 aromatic carbocycles. The van der Waals surface area contributed by atoms with Gasteiger partial charge < -0.3 is 20.8 Å². The normalized spacial score (nSPS) is 13.4. The minimum atomic E-state index is -1.23. The Balaban J connectivity index is 4.20. The van der Waals surface area contributed by atoms with E-state index in [1.165, 1.54) is 6.08 Å². The van der Waals surface area contributed by atoms with Crippen molar-refractivity contribution in [3.05, 3.63) is 12.7 Å². The van der Waals surface area contributed by atoms with Crippen LogP contribution in [0.25, 0.3) is 0 Å². The maximum atomic E-state index is 10.6. The predicted octanol–water partition coefficient (Wildman–Crippen LogP) is -0.661. The Hall–Kier alpha value is -1.40. The van der Waals surface area contributed by atoms with E-state index in [4.69, 9.17) is 15.9 Å². The molecule has 80 valence electrons. The summed E-state index contributed by atoms with van der Waals surface area (Å²) in [4.78, 5) is 15.1. The van der Waals surface area contributed by atoms with E-state index in [2.05, 4.69) is 16.6 Å². The average Bonchev–Trinajstić information content (AvgIpc) is 2.16. The first-order valence-corrected chi connectivity index (χ1v) is 4.03. The molecule has 0 unspecified atom stereocenters. The minimum Gasteiger partial charge on any atom is -0.477 e. The number of rotatable bonds is 7.